The van der Waals surface area contributed by atoms with Crippen molar-refractivity contribution in [2.45, 2.75) is 6.92 Å². The zero-order chi connectivity index (χ0) is 13.6. The van der Waals surface area contributed by atoms with Gasteiger partial charge in [-0.2, -0.15) is 0 Å². The molecule has 0 aliphatic carbocycles. The zero-order valence-electron chi connectivity index (χ0n) is 9.75. The molecule has 2 nitrogen and oxygen atoms in total. The van der Waals surface area contributed by atoms with E-state index in [2.05, 4.69) is 54.8 Å². The van der Waals surface area contributed by atoms with E-state index >= 15 is 0 Å². The monoisotopic (exact) mass is 416 g/mol. The standard InChI is InChI=1S/C13H7Br2ClN2S/c1-6-2-3-10(19-6)13-17-11-8(12(16)18-13)4-7(14)5-9(11)15/h2-5H,1H3. The molecule has 6 heteroatoms. The molecule has 2 heterocycles. The van der Waals surface area contributed by atoms with Crippen LogP contribution >= 0.6 is 54.8 Å². The molecule has 0 bridgehead atoms. The third-order valence-electron chi connectivity index (χ3n) is 2.63. The van der Waals surface area contributed by atoms with Crippen LogP contribution in [0.1, 0.15) is 4.88 Å². The Morgan fingerprint density at radius 1 is 1.16 bits per heavy atom. The zero-order valence-corrected chi connectivity index (χ0v) is 14.5. The van der Waals surface area contributed by atoms with E-state index in [-0.39, 0.29) is 0 Å². The Bertz CT molecular complexity index is 786. The number of halogens is 3. The normalized spacial score (nSPS) is 11.2. The highest BCUT2D eigenvalue weighted by Crippen LogP contribution is 2.34. The fourth-order valence-corrected chi connectivity index (χ4v) is 4.13. The number of benzene rings is 1. The molecule has 0 radical (unpaired) electrons. The summed E-state index contributed by atoms with van der Waals surface area (Å²) in [6.07, 6.45) is 0. The second kappa shape index (κ2) is 5.13. The van der Waals surface area contributed by atoms with Crippen molar-refractivity contribution in [3.8, 4) is 10.7 Å². The Hall–Kier alpha value is -0.490. The largest absolute Gasteiger partial charge is 0.226 e. The maximum atomic E-state index is 6.27. The minimum Gasteiger partial charge on any atom is -0.226 e. The summed E-state index contributed by atoms with van der Waals surface area (Å²) in [5, 5.41) is 1.30. The first-order chi connectivity index (χ1) is 9.04. The predicted molar refractivity (Wildman–Crippen MR) is 88.0 cm³/mol. The fraction of sp³-hybridized carbons (Fsp3) is 0.0769. The van der Waals surface area contributed by atoms with Gasteiger partial charge in [0.1, 0.15) is 5.15 Å². The SMILES string of the molecule is Cc1ccc(-c2nc(Cl)c3cc(Br)cc(Br)c3n2)s1. The maximum absolute atomic E-state index is 6.27. The molecule has 0 amide bonds. The van der Waals surface area contributed by atoms with Crippen LogP contribution in [0.2, 0.25) is 5.15 Å². The molecule has 2 aromatic heterocycles. The van der Waals surface area contributed by atoms with Crippen molar-refractivity contribution in [2.75, 3.05) is 0 Å². The summed E-state index contributed by atoms with van der Waals surface area (Å²) < 4.78 is 1.84. The minimum absolute atomic E-state index is 0.466. The van der Waals surface area contributed by atoms with E-state index in [0.29, 0.717) is 11.0 Å². The van der Waals surface area contributed by atoms with Crippen molar-refractivity contribution < 1.29 is 0 Å². The fourth-order valence-electron chi connectivity index (χ4n) is 1.79. The van der Waals surface area contributed by atoms with Crippen LogP contribution in [0, 0.1) is 6.92 Å². The first kappa shape index (κ1) is 13.5. The summed E-state index contributed by atoms with van der Waals surface area (Å²) in [5.41, 5.74) is 0.823. The Morgan fingerprint density at radius 3 is 2.63 bits per heavy atom. The first-order valence-electron chi connectivity index (χ1n) is 5.44. The molecule has 1 aromatic carbocycles. The van der Waals surface area contributed by atoms with E-state index in [9.17, 15) is 0 Å². The van der Waals surface area contributed by atoms with Crippen LogP contribution < -0.4 is 0 Å². The van der Waals surface area contributed by atoms with Crippen molar-refractivity contribution >= 4 is 65.7 Å². The molecule has 0 atom stereocenters. The molecule has 3 rings (SSSR count). The van der Waals surface area contributed by atoms with Crippen LogP contribution in [0.3, 0.4) is 0 Å². The Labute approximate surface area is 136 Å². The van der Waals surface area contributed by atoms with Gasteiger partial charge in [0.25, 0.3) is 0 Å². The second-order valence-electron chi connectivity index (χ2n) is 4.03. The molecule has 0 saturated carbocycles. The molecule has 0 N–H and O–H groups in total. The molecular formula is C13H7Br2ClN2S. The predicted octanol–water partition coefficient (Wildman–Crippen LogP) is 5.85. The number of nitrogens with zero attached hydrogens (tertiary/aromatic N) is 2. The molecule has 0 fully saturated rings. The number of hydrogen-bond acceptors (Lipinski definition) is 3. The highest BCUT2D eigenvalue weighted by Gasteiger charge is 2.12. The number of aromatic nitrogens is 2. The molecule has 3 aromatic rings. The van der Waals surface area contributed by atoms with E-state index in [1.165, 1.54) is 4.88 Å². The van der Waals surface area contributed by atoms with E-state index in [4.69, 9.17) is 11.6 Å². The Balaban J connectivity index is 2.30. The van der Waals surface area contributed by atoms with E-state index in [1.54, 1.807) is 11.3 Å². The minimum atomic E-state index is 0.466. The number of rotatable bonds is 1. The molecular weight excluding hydrogens is 411 g/mol. The highest BCUT2D eigenvalue weighted by molar-refractivity contribution is 9.11. The van der Waals surface area contributed by atoms with Crippen LogP contribution in [0.5, 0.6) is 0 Å². The van der Waals surface area contributed by atoms with Gasteiger partial charge >= 0.3 is 0 Å². The summed E-state index contributed by atoms with van der Waals surface area (Å²) in [6, 6.07) is 7.95. The molecule has 0 spiro atoms. The number of fused-ring (bicyclic) bond motifs is 1. The lowest BCUT2D eigenvalue weighted by molar-refractivity contribution is 1.23. The summed E-state index contributed by atoms with van der Waals surface area (Å²) in [6.45, 7) is 2.06. The van der Waals surface area contributed by atoms with Gasteiger partial charge in [0.2, 0.25) is 0 Å². The second-order valence-corrected chi connectivity index (χ2v) is 7.45. The van der Waals surface area contributed by atoms with Gasteiger partial charge in [-0.1, -0.05) is 27.5 Å². The lowest BCUT2D eigenvalue weighted by Gasteiger charge is -2.05. The molecule has 19 heavy (non-hydrogen) atoms. The quantitative estimate of drug-likeness (QED) is 0.464. The third-order valence-corrected chi connectivity index (χ3v) is 4.98. The summed E-state index contributed by atoms with van der Waals surface area (Å²) in [7, 11) is 0. The summed E-state index contributed by atoms with van der Waals surface area (Å²) in [4.78, 5) is 11.2. The van der Waals surface area contributed by atoms with Crippen molar-refractivity contribution in [3.05, 3.63) is 43.2 Å². The summed E-state index contributed by atoms with van der Waals surface area (Å²) >= 11 is 14.9. The van der Waals surface area contributed by atoms with Gasteiger partial charge in [-0.15, -0.1) is 11.3 Å². The average molecular weight is 419 g/mol. The van der Waals surface area contributed by atoms with Crippen molar-refractivity contribution in [3.63, 3.8) is 0 Å². The molecule has 96 valence electrons. The van der Waals surface area contributed by atoms with Gasteiger partial charge in [0, 0.05) is 19.2 Å². The van der Waals surface area contributed by atoms with Crippen LogP contribution in [0.25, 0.3) is 21.6 Å². The van der Waals surface area contributed by atoms with Gasteiger partial charge in [-0.25, -0.2) is 9.97 Å². The van der Waals surface area contributed by atoms with Gasteiger partial charge in [-0.3, -0.25) is 0 Å². The number of thiophene rings is 1. The molecule has 0 unspecified atom stereocenters. The lowest BCUT2D eigenvalue weighted by atomic mass is 10.2. The van der Waals surface area contributed by atoms with Crippen LogP contribution in [-0.4, -0.2) is 9.97 Å². The van der Waals surface area contributed by atoms with Crippen molar-refractivity contribution in [2.24, 2.45) is 0 Å². The van der Waals surface area contributed by atoms with Crippen LogP contribution in [-0.2, 0) is 0 Å². The van der Waals surface area contributed by atoms with Crippen molar-refractivity contribution in [1.82, 2.24) is 9.97 Å². The number of aryl methyl sites for hydroxylation is 1. The van der Waals surface area contributed by atoms with Gasteiger partial charge in [0.15, 0.2) is 5.82 Å². The maximum Gasteiger partial charge on any atom is 0.171 e. The van der Waals surface area contributed by atoms with Crippen LogP contribution in [0.4, 0.5) is 0 Å². The van der Waals surface area contributed by atoms with Gasteiger partial charge in [-0.05, 0) is 47.1 Å². The summed E-state index contributed by atoms with van der Waals surface area (Å²) in [5.74, 6) is 0.665. The first-order valence-corrected chi connectivity index (χ1v) is 8.22. The van der Waals surface area contributed by atoms with E-state index in [1.807, 2.05) is 18.2 Å². The lowest BCUT2D eigenvalue weighted by Crippen LogP contribution is -1.91. The average Bonchev–Trinajstić information content (AvgIpc) is 2.77. The molecule has 0 aliphatic heterocycles. The Morgan fingerprint density at radius 2 is 1.95 bits per heavy atom. The van der Waals surface area contributed by atoms with E-state index < -0.39 is 0 Å². The van der Waals surface area contributed by atoms with Crippen LogP contribution in [0.15, 0.2) is 33.2 Å². The van der Waals surface area contributed by atoms with E-state index in [0.717, 1.165) is 24.7 Å². The van der Waals surface area contributed by atoms with Gasteiger partial charge in [0.05, 0.1) is 10.4 Å². The topological polar surface area (TPSA) is 25.8 Å². The Kier molecular flexibility index (Phi) is 3.64. The highest BCUT2D eigenvalue weighted by atomic mass is 79.9. The smallest absolute Gasteiger partial charge is 0.171 e. The van der Waals surface area contributed by atoms with Crippen molar-refractivity contribution in [1.29, 1.82) is 0 Å². The molecule has 0 aliphatic rings. The van der Waals surface area contributed by atoms with Gasteiger partial charge < -0.3 is 0 Å². The third kappa shape index (κ3) is 2.57. The molecule has 0 saturated heterocycles. The number of hydrogen-bond donors (Lipinski definition) is 0.